The quantitative estimate of drug-likeness (QED) is 0.763. The van der Waals surface area contributed by atoms with Gasteiger partial charge in [0.25, 0.3) is 0 Å². The second-order valence-corrected chi connectivity index (χ2v) is 6.71. The Morgan fingerprint density at radius 2 is 2.04 bits per heavy atom. The zero-order valence-corrected chi connectivity index (χ0v) is 14.9. The van der Waals surface area contributed by atoms with E-state index >= 15 is 0 Å². The number of rotatable bonds is 5. The summed E-state index contributed by atoms with van der Waals surface area (Å²) in [6.07, 6.45) is 4.97. The molecular weight excluding hydrogens is 326 g/mol. The molecule has 1 fully saturated rings. The molecule has 1 saturated heterocycles. The van der Waals surface area contributed by atoms with E-state index in [0.29, 0.717) is 11.8 Å². The second-order valence-electron chi connectivity index (χ2n) is 6.71. The van der Waals surface area contributed by atoms with Gasteiger partial charge in [0, 0.05) is 44.1 Å². The molecule has 0 amide bonds. The summed E-state index contributed by atoms with van der Waals surface area (Å²) in [7, 11) is 1.61. The molecule has 0 saturated carbocycles. The second kappa shape index (κ2) is 7.22. The first kappa shape index (κ1) is 16.7. The van der Waals surface area contributed by atoms with Crippen LogP contribution in [0.25, 0.3) is 11.4 Å². The Bertz CT molecular complexity index is 876. The molecule has 0 radical (unpaired) electrons. The Morgan fingerprint density at radius 1 is 1.19 bits per heavy atom. The van der Waals surface area contributed by atoms with E-state index < -0.39 is 0 Å². The maximum atomic E-state index is 9.71. The van der Waals surface area contributed by atoms with Gasteiger partial charge in [-0.05, 0) is 24.1 Å². The number of likely N-dealkylation sites (tertiary alicyclic amines) is 1. The summed E-state index contributed by atoms with van der Waals surface area (Å²) in [5.74, 6) is 1.71. The molecule has 5 heteroatoms. The van der Waals surface area contributed by atoms with Crippen LogP contribution in [0.4, 0.5) is 0 Å². The van der Waals surface area contributed by atoms with Gasteiger partial charge in [0.05, 0.1) is 12.7 Å². The average molecular weight is 349 g/mol. The molecule has 4 rings (SSSR count). The molecule has 1 aromatic heterocycles. The van der Waals surface area contributed by atoms with Gasteiger partial charge in [-0.15, -0.1) is 0 Å². The molecule has 1 aliphatic heterocycles. The molecule has 26 heavy (non-hydrogen) atoms. The van der Waals surface area contributed by atoms with Gasteiger partial charge in [-0.25, -0.2) is 4.98 Å². The minimum absolute atomic E-state index is 0.193. The maximum Gasteiger partial charge on any atom is 0.143 e. The van der Waals surface area contributed by atoms with Crippen LogP contribution in [-0.2, 0) is 6.54 Å². The third-order valence-electron chi connectivity index (χ3n) is 4.98. The van der Waals surface area contributed by atoms with E-state index in [1.165, 1.54) is 5.56 Å². The fourth-order valence-corrected chi connectivity index (χ4v) is 3.71. The molecule has 2 aromatic carbocycles. The first-order valence-corrected chi connectivity index (χ1v) is 8.91. The molecular formula is C21H23N3O2. The van der Waals surface area contributed by atoms with E-state index in [-0.39, 0.29) is 5.75 Å². The van der Waals surface area contributed by atoms with Gasteiger partial charge in [0.1, 0.15) is 17.3 Å². The summed E-state index contributed by atoms with van der Waals surface area (Å²) in [5, 5.41) is 9.71. The zero-order valence-electron chi connectivity index (χ0n) is 14.9. The van der Waals surface area contributed by atoms with Gasteiger partial charge < -0.3 is 14.4 Å². The number of phenols is 1. The van der Waals surface area contributed by atoms with E-state index in [2.05, 4.69) is 44.8 Å². The third-order valence-corrected chi connectivity index (χ3v) is 4.98. The summed E-state index contributed by atoms with van der Waals surface area (Å²) >= 11 is 0. The number of imidazole rings is 1. The lowest BCUT2D eigenvalue weighted by Crippen LogP contribution is -2.21. The van der Waals surface area contributed by atoms with Crippen molar-refractivity contribution in [1.82, 2.24) is 14.5 Å². The predicted octanol–water partition coefficient (Wildman–Crippen LogP) is 3.71. The molecule has 1 atom stereocenters. The molecule has 0 spiro atoms. The molecule has 1 unspecified atom stereocenters. The molecule has 5 nitrogen and oxygen atoms in total. The van der Waals surface area contributed by atoms with E-state index in [1.54, 1.807) is 19.2 Å². The van der Waals surface area contributed by atoms with E-state index in [1.807, 2.05) is 18.5 Å². The molecule has 3 aromatic rings. The van der Waals surface area contributed by atoms with Gasteiger partial charge in [-0.3, -0.25) is 4.90 Å². The number of methoxy groups -OCH3 is 1. The Morgan fingerprint density at radius 3 is 2.85 bits per heavy atom. The van der Waals surface area contributed by atoms with Gasteiger partial charge in [0.15, 0.2) is 0 Å². The number of nitrogens with zero attached hydrogens (tertiary/aromatic N) is 3. The smallest absolute Gasteiger partial charge is 0.143 e. The largest absolute Gasteiger partial charge is 0.508 e. The Kier molecular flexibility index (Phi) is 4.63. The lowest BCUT2D eigenvalue weighted by molar-refractivity contribution is 0.316. The van der Waals surface area contributed by atoms with Crippen LogP contribution in [0.5, 0.6) is 11.5 Å². The van der Waals surface area contributed by atoms with Crippen LogP contribution < -0.4 is 4.74 Å². The van der Waals surface area contributed by atoms with Crippen LogP contribution in [0, 0.1) is 0 Å². The summed E-state index contributed by atoms with van der Waals surface area (Å²) in [6, 6.07) is 16.1. The maximum absolute atomic E-state index is 9.71. The van der Waals surface area contributed by atoms with Crippen LogP contribution in [-0.4, -0.2) is 39.8 Å². The van der Waals surface area contributed by atoms with Crippen LogP contribution in [0.15, 0.2) is 60.9 Å². The Hall–Kier alpha value is -2.79. The standard InChI is InChI=1S/C21H23N3O2/c1-26-20-13-18(25)7-8-19(20)21-22-10-12-24(21)17-9-11-23(15-17)14-16-5-3-2-4-6-16/h2-8,10,12-13,17,25H,9,11,14-15H2,1H3. The molecule has 0 bridgehead atoms. The monoisotopic (exact) mass is 349 g/mol. The Balaban J connectivity index is 1.55. The van der Waals surface area contributed by atoms with Crippen molar-refractivity contribution in [1.29, 1.82) is 0 Å². The first-order valence-electron chi connectivity index (χ1n) is 8.91. The van der Waals surface area contributed by atoms with Crippen LogP contribution in [0.3, 0.4) is 0 Å². The number of aromatic hydroxyl groups is 1. The third kappa shape index (κ3) is 3.30. The summed E-state index contributed by atoms with van der Waals surface area (Å²) in [4.78, 5) is 7.05. The summed E-state index contributed by atoms with van der Waals surface area (Å²) in [5.41, 5.74) is 2.25. The van der Waals surface area contributed by atoms with E-state index in [4.69, 9.17) is 4.74 Å². The lowest BCUT2D eigenvalue weighted by Gasteiger charge is -2.19. The first-order chi connectivity index (χ1) is 12.7. The van der Waals surface area contributed by atoms with Gasteiger partial charge in [0.2, 0.25) is 0 Å². The van der Waals surface area contributed by atoms with E-state index in [0.717, 1.165) is 37.4 Å². The minimum atomic E-state index is 0.193. The van der Waals surface area contributed by atoms with E-state index in [9.17, 15) is 5.11 Å². The minimum Gasteiger partial charge on any atom is -0.508 e. The van der Waals surface area contributed by atoms with Crippen molar-refractivity contribution in [3.63, 3.8) is 0 Å². The molecule has 2 heterocycles. The topological polar surface area (TPSA) is 50.5 Å². The normalized spacial score (nSPS) is 17.5. The van der Waals surface area contributed by atoms with Crippen LogP contribution in [0.1, 0.15) is 18.0 Å². The van der Waals surface area contributed by atoms with Crippen molar-refractivity contribution in [3.8, 4) is 22.9 Å². The van der Waals surface area contributed by atoms with Crippen molar-refractivity contribution in [3.05, 3.63) is 66.5 Å². The number of benzene rings is 2. The summed E-state index contributed by atoms with van der Waals surface area (Å²) in [6.45, 7) is 3.05. The van der Waals surface area contributed by atoms with Crippen molar-refractivity contribution < 1.29 is 9.84 Å². The van der Waals surface area contributed by atoms with Gasteiger partial charge >= 0.3 is 0 Å². The number of ether oxygens (including phenoxy) is 1. The van der Waals surface area contributed by atoms with Crippen molar-refractivity contribution in [2.75, 3.05) is 20.2 Å². The molecule has 1 aliphatic rings. The van der Waals surface area contributed by atoms with Gasteiger partial charge in [-0.2, -0.15) is 0 Å². The van der Waals surface area contributed by atoms with Crippen molar-refractivity contribution in [2.24, 2.45) is 0 Å². The fourth-order valence-electron chi connectivity index (χ4n) is 3.71. The highest BCUT2D eigenvalue weighted by atomic mass is 16.5. The SMILES string of the molecule is COc1cc(O)ccc1-c1nccn1C1CCN(Cc2ccccc2)C1. The average Bonchev–Trinajstić information content (AvgIpc) is 3.31. The number of aromatic nitrogens is 2. The van der Waals surface area contributed by atoms with Crippen molar-refractivity contribution >= 4 is 0 Å². The fraction of sp³-hybridized carbons (Fsp3) is 0.286. The predicted molar refractivity (Wildman–Crippen MR) is 101 cm³/mol. The molecule has 0 aliphatic carbocycles. The van der Waals surface area contributed by atoms with Crippen molar-refractivity contribution in [2.45, 2.75) is 19.0 Å². The van der Waals surface area contributed by atoms with Gasteiger partial charge in [-0.1, -0.05) is 30.3 Å². The zero-order chi connectivity index (χ0) is 17.9. The highest BCUT2D eigenvalue weighted by Gasteiger charge is 2.26. The number of hydrogen-bond donors (Lipinski definition) is 1. The molecule has 134 valence electrons. The molecule has 1 N–H and O–H groups in total. The number of hydrogen-bond acceptors (Lipinski definition) is 4. The van der Waals surface area contributed by atoms with Crippen LogP contribution >= 0.6 is 0 Å². The lowest BCUT2D eigenvalue weighted by atomic mass is 10.1. The number of phenolic OH excluding ortho intramolecular Hbond substituents is 1. The Labute approximate surface area is 153 Å². The highest BCUT2D eigenvalue weighted by molar-refractivity contribution is 5.66. The highest BCUT2D eigenvalue weighted by Crippen LogP contribution is 2.35. The summed E-state index contributed by atoms with van der Waals surface area (Å²) < 4.78 is 7.68. The van der Waals surface area contributed by atoms with Crippen LogP contribution in [0.2, 0.25) is 0 Å².